The Balaban J connectivity index is 1.47. The lowest BCUT2D eigenvalue weighted by molar-refractivity contribution is -0.123. The number of carbonyl (C=O) groups excluding carboxylic acids is 2. The topological polar surface area (TPSA) is 110 Å². The van der Waals surface area contributed by atoms with Gasteiger partial charge in [0.2, 0.25) is 0 Å². The van der Waals surface area contributed by atoms with Crippen LogP contribution in [0.25, 0.3) is 6.08 Å². The van der Waals surface area contributed by atoms with Crippen LogP contribution in [0, 0.1) is 11.3 Å². The first-order valence-corrected chi connectivity index (χ1v) is 11.7. The molecule has 2 N–H and O–H groups in total. The molecule has 0 heterocycles. The molecule has 0 fully saturated rings. The van der Waals surface area contributed by atoms with E-state index in [0.29, 0.717) is 42.3 Å². The molecule has 0 atom stereocenters. The van der Waals surface area contributed by atoms with Gasteiger partial charge in [0.05, 0.1) is 14.2 Å². The van der Waals surface area contributed by atoms with Gasteiger partial charge in [0.1, 0.15) is 17.4 Å². The van der Waals surface area contributed by atoms with E-state index in [1.165, 1.54) is 6.08 Å². The minimum atomic E-state index is -0.460. The van der Waals surface area contributed by atoms with Crippen molar-refractivity contribution in [1.82, 2.24) is 10.6 Å². The van der Waals surface area contributed by atoms with Gasteiger partial charge in [-0.25, -0.2) is 0 Å². The number of ether oxygens (including phenoxy) is 3. The van der Waals surface area contributed by atoms with Gasteiger partial charge in [-0.2, -0.15) is 5.26 Å². The van der Waals surface area contributed by atoms with Crippen molar-refractivity contribution in [3.8, 4) is 23.3 Å². The maximum absolute atomic E-state index is 12.5. The minimum Gasteiger partial charge on any atom is -0.493 e. The van der Waals surface area contributed by atoms with E-state index >= 15 is 0 Å². The first kappa shape index (κ1) is 26.8. The number of benzene rings is 3. The van der Waals surface area contributed by atoms with Crippen LogP contribution in [0.2, 0.25) is 0 Å². The second-order valence-corrected chi connectivity index (χ2v) is 7.99. The average molecular weight is 500 g/mol. The van der Waals surface area contributed by atoms with Crippen LogP contribution in [0.5, 0.6) is 17.2 Å². The third-order valence-electron chi connectivity index (χ3n) is 5.41. The van der Waals surface area contributed by atoms with Crippen LogP contribution in [0.4, 0.5) is 0 Å². The summed E-state index contributed by atoms with van der Waals surface area (Å²) in [6.45, 7) is 0.667. The molecule has 0 saturated carbocycles. The Labute approximate surface area is 216 Å². The highest BCUT2D eigenvalue weighted by Crippen LogP contribution is 2.27. The number of amides is 2. The molecule has 8 nitrogen and oxygen atoms in total. The standard InChI is InChI=1S/C29H29N3O5/c1-35-26-13-10-22(17-27(26)36-2)14-15-31-29(34)24(18-30)16-21-8-11-25(12-9-21)37-20-28(33)32-19-23-6-4-3-5-7-23/h3-13,16-17H,14-15,19-20H2,1-2H3,(H,31,34)(H,32,33)/b24-16+. The second kappa shape index (κ2) is 14.0. The fourth-order valence-corrected chi connectivity index (χ4v) is 3.42. The summed E-state index contributed by atoms with van der Waals surface area (Å²) < 4.78 is 16.0. The van der Waals surface area contributed by atoms with Crippen molar-refractivity contribution < 1.29 is 23.8 Å². The Hall–Kier alpha value is -4.77. The van der Waals surface area contributed by atoms with Crippen LogP contribution in [-0.4, -0.2) is 39.2 Å². The zero-order valence-corrected chi connectivity index (χ0v) is 20.8. The Morgan fingerprint density at radius 1 is 0.892 bits per heavy atom. The first-order valence-electron chi connectivity index (χ1n) is 11.7. The zero-order valence-electron chi connectivity index (χ0n) is 20.8. The van der Waals surface area contributed by atoms with Crippen LogP contribution >= 0.6 is 0 Å². The molecule has 0 aliphatic carbocycles. The highest BCUT2D eigenvalue weighted by molar-refractivity contribution is 6.01. The molecule has 3 rings (SSSR count). The molecule has 0 aliphatic rings. The predicted molar refractivity (Wildman–Crippen MR) is 140 cm³/mol. The van der Waals surface area contributed by atoms with Gasteiger partial charge in [0, 0.05) is 13.1 Å². The largest absolute Gasteiger partial charge is 0.493 e. The quantitative estimate of drug-likeness (QED) is 0.291. The lowest BCUT2D eigenvalue weighted by Gasteiger charge is -2.10. The number of nitrogens with one attached hydrogen (secondary N) is 2. The van der Waals surface area contributed by atoms with E-state index in [2.05, 4.69) is 10.6 Å². The molecule has 37 heavy (non-hydrogen) atoms. The number of hydrogen-bond acceptors (Lipinski definition) is 6. The summed E-state index contributed by atoms with van der Waals surface area (Å²) in [6, 6.07) is 23.9. The van der Waals surface area contributed by atoms with Gasteiger partial charge in [0.25, 0.3) is 11.8 Å². The molecule has 8 heteroatoms. The Bertz CT molecular complexity index is 1260. The van der Waals surface area contributed by atoms with Crippen molar-refractivity contribution >= 4 is 17.9 Å². The van der Waals surface area contributed by atoms with Gasteiger partial charge in [-0.1, -0.05) is 48.5 Å². The van der Waals surface area contributed by atoms with Gasteiger partial charge in [-0.15, -0.1) is 0 Å². The molecule has 0 radical (unpaired) electrons. The van der Waals surface area contributed by atoms with Crippen molar-refractivity contribution in [3.05, 3.63) is 95.1 Å². The number of methoxy groups -OCH3 is 2. The smallest absolute Gasteiger partial charge is 0.261 e. The predicted octanol–water partition coefficient (Wildman–Crippen LogP) is 3.66. The third-order valence-corrected chi connectivity index (χ3v) is 5.41. The maximum atomic E-state index is 12.5. The van der Waals surface area contributed by atoms with E-state index in [1.807, 2.05) is 48.5 Å². The van der Waals surface area contributed by atoms with E-state index < -0.39 is 5.91 Å². The van der Waals surface area contributed by atoms with E-state index in [-0.39, 0.29) is 18.1 Å². The third kappa shape index (κ3) is 8.44. The minimum absolute atomic E-state index is 0.0127. The van der Waals surface area contributed by atoms with Crippen LogP contribution in [-0.2, 0) is 22.6 Å². The fraction of sp³-hybridized carbons (Fsp3) is 0.207. The zero-order chi connectivity index (χ0) is 26.5. The van der Waals surface area contributed by atoms with Crippen molar-refractivity contribution in [3.63, 3.8) is 0 Å². The van der Waals surface area contributed by atoms with Crippen molar-refractivity contribution in [2.75, 3.05) is 27.4 Å². The second-order valence-electron chi connectivity index (χ2n) is 7.99. The molecule has 0 unspecified atom stereocenters. The number of hydrogen-bond donors (Lipinski definition) is 2. The van der Waals surface area contributed by atoms with Crippen molar-refractivity contribution in [2.24, 2.45) is 0 Å². The number of nitriles is 1. The number of rotatable bonds is 12. The molecule has 0 saturated heterocycles. The SMILES string of the molecule is COc1ccc(CCNC(=O)/C(C#N)=C/c2ccc(OCC(=O)NCc3ccccc3)cc2)cc1OC. The molecule has 0 spiro atoms. The molecule has 0 aromatic heterocycles. The van der Waals surface area contributed by atoms with Gasteiger partial charge >= 0.3 is 0 Å². The van der Waals surface area contributed by atoms with Gasteiger partial charge in [-0.3, -0.25) is 9.59 Å². The Kier molecular flexibility index (Phi) is 10.1. The molecular formula is C29H29N3O5. The lowest BCUT2D eigenvalue weighted by atomic mass is 10.1. The number of carbonyl (C=O) groups is 2. The number of nitrogens with zero attached hydrogens (tertiary/aromatic N) is 1. The molecule has 3 aromatic rings. The fourth-order valence-electron chi connectivity index (χ4n) is 3.42. The van der Waals surface area contributed by atoms with Gasteiger partial charge in [-0.05, 0) is 53.5 Å². The van der Waals surface area contributed by atoms with Crippen LogP contribution in [0.3, 0.4) is 0 Å². The summed E-state index contributed by atoms with van der Waals surface area (Å²) in [5.41, 5.74) is 2.61. The maximum Gasteiger partial charge on any atom is 0.261 e. The normalized spacial score (nSPS) is 10.7. The monoisotopic (exact) mass is 499 g/mol. The lowest BCUT2D eigenvalue weighted by Crippen LogP contribution is -2.28. The summed E-state index contributed by atoms with van der Waals surface area (Å²) in [7, 11) is 3.14. The van der Waals surface area contributed by atoms with Crippen molar-refractivity contribution in [1.29, 1.82) is 5.26 Å². The van der Waals surface area contributed by atoms with Crippen LogP contribution in [0.1, 0.15) is 16.7 Å². The average Bonchev–Trinajstić information content (AvgIpc) is 2.94. The van der Waals surface area contributed by atoms with E-state index in [0.717, 1.165) is 11.1 Å². The molecular weight excluding hydrogens is 470 g/mol. The molecule has 0 aliphatic heterocycles. The van der Waals surface area contributed by atoms with Crippen molar-refractivity contribution in [2.45, 2.75) is 13.0 Å². The van der Waals surface area contributed by atoms with E-state index in [9.17, 15) is 14.9 Å². The van der Waals surface area contributed by atoms with Gasteiger partial charge in [0.15, 0.2) is 18.1 Å². The molecule has 190 valence electrons. The summed E-state index contributed by atoms with van der Waals surface area (Å²) in [5, 5.41) is 15.0. The van der Waals surface area contributed by atoms with E-state index in [4.69, 9.17) is 14.2 Å². The summed E-state index contributed by atoms with van der Waals surface area (Å²) in [4.78, 5) is 24.5. The summed E-state index contributed by atoms with van der Waals surface area (Å²) >= 11 is 0. The summed E-state index contributed by atoms with van der Waals surface area (Å²) in [6.07, 6.45) is 2.07. The highest BCUT2D eigenvalue weighted by Gasteiger charge is 2.10. The summed E-state index contributed by atoms with van der Waals surface area (Å²) in [5.74, 6) is 1.06. The first-order chi connectivity index (χ1) is 18.0. The molecule has 2 amide bonds. The molecule has 3 aromatic carbocycles. The van der Waals surface area contributed by atoms with E-state index in [1.54, 1.807) is 44.6 Å². The Morgan fingerprint density at radius 3 is 2.30 bits per heavy atom. The van der Waals surface area contributed by atoms with Crippen LogP contribution < -0.4 is 24.8 Å². The highest BCUT2D eigenvalue weighted by atomic mass is 16.5. The Morgan fingerprint density at radius 2 is 1.62 bits per heavy atom. The van der Waals surface area contributed by atoms with Crippen LogP contribution in [0.15, 0.2) is 78.4 Å². The van der Waals surface area contributed by atoms with Gasteiger partial charge < -0.3 is 24.8 Å². The molecule has 0 bridgehead atoms.